The van der Waals surface area contributed by atoms with E-state index in [2.05, 4.69) is 5.32 Å². The fraction of sp³-hybridized carbons (Fsp3) is 0.526. The number of anilines is 1. The molecule has 3 rings (SSSR count). The Morgan fingerprint density at radius 2 is 1.77 bits per heavy atom. The number of aliphatic carboxylic acids is 1. The van der Waals surface area contributed by atoms with Crippen molar-refractivity contribution in [3.8, 4) is 5.75 Å². The number of ether oxygens (including phenoxy) is 1. The number of nitrogens with zero attached hydrogens (tertiary/aromatic N) is 1. The molecule has 1 aliphatic heterocycles. The summed E-state index contributed by atoms with van der Waals surface area (Å²) in [4.78, 5) is 37.2. The van der Waals surface area contributed by atoms with Crippen molar-refractivity contribution in [1.29, 1.82) is 0 Å². The fourth-order valence-electron chi connectivity index (χ4n) is 3.65. The number of carboxylic acid groups (broad SMARTS) is 1. The first-order valence-electron chi connectivity index (χ1n) is 8.85. The number of likely N-dealkylation sites (tertiary alicyclic amines) is 1. The summed E-state index contributed by atoms with van der Waals surface area (Å²) in [6.07, 6.45) is 2.08. The minimum atomic E-state index is -0.943. The van der Waals surface area contributed by atoms with Gasteiger partial charge in [0.15, 0.2) is 6.61 Å². The quantitative estimate of drug-likeness (QED) is 0.809. The van der Waals surface area contributed by atoms with Gasteiger partial charge in [-0.25, -0.2) is 0 Å². The van der Waals surface area contributed by atoms with Gasteiger partial charge < -0.3 is 20.1 Å². The summed E-state index contributed by atoms with van der Waals surface area (Å²) in [5, 5.41) is 11.9. The molecule has 0 radical (unpaired) electrons. The normalized spacial score (nSPS) is 23.4. The monoisotopic (exact) mass is 360 g/mol. The van der Waals surface area contributed by atoms with Crippen LogP contribution in [0.1, 0.15) is 26.7 Å². The van der Waals surface area contributed by atoms with Gasteiger partial charge in [0.2, 0.25) is 5.91 Å². The Bertz CT molecular complexity index is 707. The van der Waals surface area contributed by atoms with E-state index in [-0.39, 0.29) is 18.4 Å². The van der Waals surface area contributed by atoms with E-state index in [4.69, 9.17) is 9.84 Å². The Kier molecular flexibility index (Phi) is 4.89. The summed E-state index contributed by atoms with van der Waals surface area (Å²) < 4.78 is 5.50. The first kappa shape index (κ1) is 18.2. The number of carbonyl (C=O) groups excluding carboxylic acids is 2. The number of hydrogen-bond acceptors (Lipinski definition) is 4. The van der Waals surface area contributed by atoms with Crippen molar-refractivity contribution in [1.82, 2.24) is 4.90 Å². The molecule has 0 unspecified atom stereocenters. The minimum absolute atomic E-state index is 0.00224. The molecule has 1 saturated heterocycles. The van der Waals surface area contributed by atoms with E-state index in [0.29, 0.717) is 11.4 Å². The average molecular weight is 360 g/mol. The lowest BCUT2D eigenvalue weighted by Gasteiger charge is -2.15. The second kappa shape index (κ2) is 6.97. The van der Waals surface area contributed by atoms with Crippen LogP contribution in [-0.4, -0.2) is 47.5 Å². The fourth-order valence-corrected chi connectivity index (χ4v) is 3.65. The Hall–Kier alpha value is -2.57. The van der Waals surface area contributed by atoms with E-state index in [1.54, 1.807) is 43.0 Å². The molecule has 1 aromatic carbocycles. The molecule has 140 valence electrons. The molecule has 26 heavy (non-hydrogen) atoms. The molecule has 2 aliphatic rings. The van der Waals surface area contributed by atoms with Crippen LogP contribution in [0.2, 0.25) is 0 Å². The topological polar surface area (TPSA) is 95.9 Å². The lowest BCUT2D eigenvalue weighted by Crippen LogP contribution is -2.32. The van der Waals surface area contributed by atoms with Crippen molar-refractivity contribution in [2.24, 2.45) is 17.3 Å². The van der Waals surface area contributed by atoms with Gasteiger partial charge >= 0.3 is 5.97 Å². The molecule has 0 aromatic heterocycles. The Balaban J connectivity index is 1.51. The minimum Gasteiger partial charge on any atom is -0.484 e. The number of amides is 2. The smallest absolute Gasteiger partial charge is 0.307 e. The van der Waals surface area contributed by atoms with Crippen LogP contribution in [0.3, 0.4) is 0 Å². The number of hydrogen-bond donors (Lipinski definition) is 2. The van der Waals surface area contributed by atoms with Crippen LogP contribution >= 0.6 is 0 Å². The third-order valence-corrected chi connectivity index (χ3v) is 5.32. The lowest BCUT2D eigenvalue weighted by molar-refractivity contribution is -0.140. The molecule has 2 atom stereocenters. The largest absolute Gasteiger partial charge is 0.484 e. The van der Waals surface area contributed by atoms with Crippen molar-refractivity contribution in [3.63, 3.8) is 0 Å². The van der Waals surface area contributed by atoms with Crippen molar-refractivity contribution >= 4 is 23.5 Å². The number of carbonyl (C=O) groups is 3. The van der Waals surface area contributed by atoms with E-state index in [1.807, 2.05) is 0 Å². The summed E-state index contributed by atoms with van der Waals surface area (Å²) in [6.45, 7) is 5.15. The number of nitrogens with one attached hydrogen (secondary N) is 1. The molecule has 0 bridgehead atoms. The molecule has 1 saturated carbocycles. The van der Waals surface area contributed by atoms with Crippen LogP contribution in [0.5, 0.6) is 5.75 Å². The molecule has 1 heterocycles. The van der Waals surface area contributed by atoms with Gasteiger partial charge in [-0.3, -0.25) is 14.4 Å². The third-order valence-electron chi connectivity index (χ3n) is 5.32. The zero-order valence-electron chi connectivity index (χ0n) is 15.0. The molecule has 7 nitrogen and oxygen atoms in total. The van der Waals surface area contributed by atoms with Crippen molar-refractivity contribution in [2.45, 2.75) is 26.7 Å². The van der Waals surface area contributed by atoms with Gasteiger partial charge in [-0.2, -0.15) is 0 Å². The van der Waals surface area contributed by atoms with Crippen LogP contribution in [-0.2, 0) is 14.4 Å². The van der Waals surface area contributed by atoms with Crippen molar-refractivity contribution in [2.75, 3.05) is 25.0 Å². The average Bonchev–Trinajstić information content (AvgIpc) is 2.96. The number of benzene rings is 1. The summed E-state index contributed by atoms with van der Waals surface area (Å²) >= 11 is 0. The summed E-state index contributed by atoms with van der Waals surface area (Å²) in [5.41, 5.74) is 0.0367. The second-order valence-electron chi connectivity index (χ2n) is 7.51. The van der Waals surface area contributed by atoms with E-state index in [0.717, 1.165) is 25.9 Å². The lowest BCUT2D eigenvalue weighted by atomic mass is 10.1. The van der Waals surface area contributed by atoms with Gasteiger partial charge in [0.1, 0.15) is 5.75 Å². The van der Waals surface area contributed by atoms with Crippen LogP contribution < -0.4 is 10.1 Å². The Labute approximate surface area is 152 Å². The molecule has 1 aromatic rings. The zero-order chi connectivity index (χ0) is 18.9. The molecule has 0 spiro atoms. The second-order valence-corrected chi connectivity index (χ2v) is 7.51. The van der Waals surface area contributed by atoms with Gasteiger partial charge in [-0.1, -0.05) is 13.8 Å². The highest BCUT2D eigenvalue weighted by molar-refractivity contribution is 5.99. The highest BCUT2D eigenvalue weighted by Crippen LogP contribution is 2.58. The summed E-state index contributed by atoms with van der Waals surface area (Å²) in [5.74, 6) is -1.89. The highest BCUT2D eigenvalue weighted by Gasteiger charge is 2.65. The predicted octanol–water partition coefficient (Wildman–Crippen LogP) is 1.98. The van der Waals surface area contributed by atoms with E-state index in [9.17, 15) is 14.4 Å². The highest BCUT2D eigenvalue weighted by atomic mass is 16.5. The molecule has 2 fully saturated rings. The Morgan fingerprint density at radius 1 is 1.15 bits per heavy atom. The molecular formula is C19H24N2O5. The first-order chi connectivity index (χ1) is 12.3. The van der Waals surface area contributed by atoms with Crippen molar-refractivity contribution < 1.29 is 24.2 Å². The maximum Gasteiger partial charge on any atom is 0.307 e. The number of carboxylic acids is 1. The zero-order valence-corrected chi connectivity index (χ0v) is 15.0. The maximum atomic E-state index is 12.3. The van der Waals surface area contributed by atoms with Crippen LogP contribution in [0.25, 0.3) is 0 Å². The predicted molar refractivity (Wildman–Crippen MR) is 94.8 cm³/mol. The van der Waals surface area contributed by atoms with Gasteiger partial charge in [-0.05, 0) is 42.5 Å². The standard InChI is InChI=1S/C19H24N2O5/c1-19(2)15(16(19)18(24)25)17(23)20-12-5-7-13(8-6-12)26-11-14(22)21-9-3-4-10-21/h5-8,15-16H,3-4,9-11H2,1-2H3,(H,20,23)(H,24,25)/t15-,16+/m1/s1. The van der Waals surface area contributed by atoms with E-state index in [1.165, 1.54) is 0 Å². The van der Waals surface area contributed by atoms with Gasteiger partial charge in [-0.15, -0.1) is 0 Å². The van der Waals surface area contributed by atoms with E-state index >= 15 is 0 Å². The summed E-state index contributed by atoms with van der Waals surface area (Å²) in [6, 6.07) is 6.72. The molecule has 2 amide bonds. The van der Waals surface area contributed by atoms with Gasteiger partial charge in [0.05, 0.1) is 11.8 Å². The van der Waals surface area contributed by atoms with Crippen LogP contribution in [0.15, 0.2) is 24.3 Å². The molecule has 2 N–H and O–H groups in total. The van der Waals surface area contributed by atoms with Gasteiger partial charge in [0, 0.05) is 18.8 Å². The maximum absolute atomic E-state index is 12.3. The molecule has 7 heteroatoms. The van der Waals surface area contributed by atoms with Gasteiger partial charge in [0.25, 0.3) is 5.91 Å². The SMILES string of the molecule is CC1(C)[C@H](C(=O)O)[C@@H]1C(=O)Nc1ccc(OCC(=O)N2CCCC2)cc1. The number of rotatable bonds is 6. The molecular weight excluding hydrogens is 336 g/mol. The van der Waals surface area contributed by atoms with Crippen LogP contribution in [0, 0.1) is 17.3 Å². The van der Waals surface area contributed by atoms with Crippen LogP contribution in [0.4, 0.5) is 5.69 Å². The van der Waals surface area contributed by atoms with Crippen molar-refractivity contribution in [3.05, 3.63) is 24.3 Å². The molecule has 1 aliphatic carbocycles. The van der Waals surface area contributed by atoms with E-state index < -0.39 is 23.2 Å². The Morgan fingerprint density at radius 3 is 2.31 bits per heavy atom. The third kappa shape index (κ3) is 3.66. The first-order valence-corrected chi connectivity index (χ1v) is 8.85. The summed E-state index contributed by atoms with van der Waals surface area (Å²) in [7, 11) is 0.